The van der Waals surface area contributed by atoms with Gasteiger partial charge in [-0.3, -0.25) is 4.79 Å². The number of nitrogens with one attached hydrogen (secondary N) is 1. The maximum Gasteiger partial charge on any atom is 0.233 e. The van der Waals surface area contributed by atoms with Crippen LogP contribution in [0.25, 0.3) is 0 Å². The molecule has 134 valence electrons. The zero-order valence-electron chi connectivity index (χ0n) is 15.1. The first-order valence-electron chi connectivity index (χ1n) is 8.23. The molecular weight excluding hydrogens is 334 g/mol. The van der Waals surface area contributed by atoms with Crippen LogP contribution >= 0.6 is 11.8 Å². The first-order valence-corrected chi connectivity index (χ1v) is 9.27. The molecule has 2 aromatic rings. The quantitative estimate of drug-likeness (QED) is 0.767. The number of ether oxygens (including phenoxy) is 2. The predicted molar refractivity (Wildman–Crippen MR) is 103 cm³/mol. The van der Waals surface area contributed by atoms with Gasteiger partial charge in [-0.2, -0.15) is 0 Å². The van der Waals surface area contributed by atoms with E-state index in [2.05, 4.69) is 17.4 Å². The summed E-state index contributed by atoms with van der Waals surface area (Å²) in [6.45, 7) is 3.89. The lowest BCUT2D eigenvalue weighted by molar-refractivity contribution is -0.120. The largest absolute Gasteiger partial charge is 0.497 e. The molecule has 0 aromatic heterocycles. The van der Waals surface area contributed by atoms with Crippen molar-refractivity contribution < 1.29 is 14.3 Å². The minimum absolute atomic E-state index is 0.0197. The van der Waals surface area contributed by atoms with E-state index in [0.29, 0.717) is 5.75 Å². The fraction of sp³-hybridized carbons (Fsp3) is 0.350. The summed E-state index contributed by atoms with van der Waals surface area (Å²) >= 11 is 1.63. The topological polar surface area (TPSA) is 47.6 Å². The van der Waals surface area contributed by atoms with Gasteiger partial charge in [0.15, 0.2) is 0 Å². The van der Waals surface area contributed by atoms with Crippen LogP contribution in [0.4, 0.5) is 0 Å². The van der Waals surface area contributed by atoms with Gasteiger partial charge in [0.25, 0.3) is 0 Å². The van der Waals surface area contributed by atoms with Crippen molar-refractivity contribution in [2.24, 2.45) is 0 Å². The molecule has 1 N–H and O–H groups in total. The molecule has 0 saturated carbocycles. The zero-order chi connectivity index (χ0) is 18.2. The van der Waals surface area contributed by atoms with Gasteiger partial charge < -0.3 is 14.8 Å². The van der Waals surface area contributed by atoms with Gasteiger partial charge in [-0.05, 0) is 31.5 Å². The Morgan fingerprint density at radius 2 is 1.80 bits per heavy atom. The maximum atomic E-state index is 12.5. The number of methoxy groups -OCH3 is 2. The van der Waals surface area contributed by atoms with Crippen molar-refractivity contribution in [3.8, 4) is 11.5 Å². The van der Waals surface area contributed by atoms with E-state index in [9.17, 15) is 4.79 Å². The summed E-state index contributed by atoms with van der Waals surface area (Å²) < 4.78 is 10.6. The molecule has 0 aliphatic carbocycles. The van der Waals surface area contributed by atoms with Crippen LogP contribution in [0.1, 0.15) is 31.0 Å². The Bertz CT molecular complexity index is 691. The highest BCUT2D eigenvalue weighted by atomic mass is 32.2. The Labute approximate surface area is 153 Å². The third kappa shape index (κ3) is 5.43. The summed E-state index contributed by atoms with van der Waals surface area (Å²) in [6, 6.07) is 15.6. The fourth-order valence-electron chi connectivity index (χ4n) is 2.46. The van der Waals surface area contributed by atoms with Gasteiger partial charge in [0.05, 0.1) is 25.5 Å². The maximum absolute atomic E-state index is 12.5. The molecule has 0 heterocycles. The number of carbonyl (C=O) groups excluding carboxylic acids is 1. The summed E-state index contributed by atoms with van der Waals surface area (Å²) in [5, 5.41) is 2.93. The van der Waals surface area contributed by atoms with Crippen LogP contribution < -0.4 is 14.8 Å². The number of hydrogen-bond donors (Lipinski definition) is 1. The summed E-state index contributed by atoms with van der Waals surface area (Å²) in [4.78, 5) is 12.5. The van der Waals surface area contributed by atoms with Crippen molar-refractivity contribution in [1.82, 2.24) is 5.32 Å². The van der Waals surface area contributed by atoms with Gasteiger partial charge in [-0.15, -0.1) is 11.8 Å². The molecule has 4 nitrogen and oxygen atoms in total. The third-order valence-electron chi connectivity index (χ3n) is 3.98. The SMILES string of the molecule is COc1ccc(C(C)NC(=O)C(C)SCc2ccccc2)c(OC)c1. The van der Waals surface area contributed by atoms with Crippen molar-refractivity contribution in [1.29, 1.82) is 0 Å². The Hall–Kier alpha value is -2.14. The van der Waals surface area contributed by atoms with E-state index < -0.39 is 0 Å². The molecule has 0 saturated heterocycles. The lowest BCUT2D eigenvalue weighted by atomic mass is 10.1. The van der Waals surface area contributed by atoms with Crippen LogP contribution in [0, 0.1) is 0 Å². The number of hydrogen-bond acceptors (Lipinski definition) is 4. The van der Waals surface area contributed by atoms with Crippen molar-refractivity contribution in [3.05, 3.63) is 59.7 Å². The molecular formula is C20H25NO3S. The van der Waals surface area contributed by atoms with E-state index in [-0.39, 0.29) is 17.2 Å². The van der Waals surface area contributed by atoms with Gasteiger partial charge in [-0.25, -0.2) is 0 Å². The highest BCUT2D eigenvalue weighted by Gasteiger charge is 2.19. The first kappa shape index (κ1) is 19.2. The molecule has 0 aliphatic heterocycles. The summed E-state index contributed by atoms with van der Waals surface area (Å²) in [5.41, 5.74) is 2.15. The molecule has 0 fully saturated rings. The van der Waals surface area contributed by atoms with E-state index in [1.54, 1.807) is 26.0 Å². The molecule has 0 spiro atoms. The molecule has 1 amide bonds. The van der Waals surface area contributed by atoms with Gasteiger partial charge in [0.2, 0.25) is 5.91 Å². The van der Waals surface area contributed by atoms with E-state index in [1.807, 2.05) is 50.2 Å². The predicted octanol–water partition coefficient (Wildman–Crippen LogP) is 4.20. The monoisotopic (exact) mass is 359 g/mol. The highest BCUT2D eigenvalue weighted by molar-refractivity contribution is 7.99. The normalized spacial score (nSPS) is 13.0. The second kappa shape index (κ2) is 9.37. The molecule has 0 radical (unpaired) electrons. The molecule has 2 atom stereocenters. The summed E-state index contributed by atoms with van der Waals surface area (Å²) in [7, 11) is 3.23. The average molecular weight is 359 g/mol. The van der Waals surface area contributed by atoms with Gasteiger partial charge in [0, 0.05) is 17.4 Å². The minimum Gasteiger partial charge on any atom is -0.497 e. The van der Waals surface area contributed by atoms with Crippen LogP contribution in [0.2, 0.25) is 0 Å². The van der Waals surface area contributed by atoms with Crippen LogP contribution in [0.3, 0.4) is 0 Å². The third-order valence-corrected chi connectivity index (χ3v) is 5.19. The van der Waals surface area contributed by atoms with Crippen molar-refractivity contribution in [2.45, 2.75) is 30.9 Å². The highest BCUT2D eigenvalue weighted by Crippen LogP contribution is 2.29. The summed E-state index contributed by atoms with van der Waals surface area (Å²) in [6.07, 6.45) is 0. The minimum atomic E-state index is -0.145. The van der Waals surface area contributed by atoms with Crippen molar-refractivity contribution in [2.75, 3.05) is 14.2 Å². The molecule has 2 rings (SSSR count). The Morgan fingerprint density at radius 3 is 2.44 bits per heavy atom. The molecule has 5 heteroatoms. The molecule has 25 heavy (non-hydrogen) atoms. The number of carbonyl (C=O) groups is 1. The van der Waals surface area contributed by atoms with Crippen LogP contribution in [-0.2, 0) is 10.5 Å². The van der Waals surface area contributed by atoms with Crippen LogP contribution in [0.5, 0.6) is 11.5 Å². The summed E-state index contributed by atoms with van der Waals surface area (Å²) in [5.74, 6) is 2.27. The molecule has 0 bridgehead atoms. The zero-order valence-corrected chi connectivity index (χ0v) is 15.9. The Morgan fingerprint density at radius 1 is 1.08 bits per heavy atom. The molecule has 2 aromatic carbocycles. The van der Waals surface area contributed by atoms with E-state index in [0.717, 1.165) is 17.1 Å². The molecule has 2 unspecified atom stereocenters. The van der Waals surface area contributed by atoms with Crippen molar-refractivity contribution in [3.63, 3.8) is 0 Å². The fourth-order valence-corrected chi connectivity index (χ4v) is 3.31. The van der Waals surface area contributed by atoms with Crippen LogP contribution in [-0.4, -0.2) is 25.4 Å². The van der Waals surface area contributed by atoms with Gasteiger partial charge in [0.1, 0.15) is 11.5 Å². The number of thioether (sulfide) groups is 1. The van der Waals surface area contributed by atoms with E-state index in [1.165, 1.54) is 5.56 Å². The van der Waals surface area contributed by atoms with E-state index in [4.69, 9.17) is 9.47 Å². The molecule has 0 aliphatic rings. The lowest BCUT2D eigenvalue weighted by Gasteiger charge is -2.20. The van der Waals surface area contributed by atoms with E-state index >= 15 is 0 Å². The number of rotatable bonds is 8. The number of amides is 1. The smallest absolute Gasteiger partial charge is 0.233 e. The second-order valence-electron chi connectivity index (χ2n) is 5.78. The van der Waals surface area contributed by atoms with Gasteiger partial charge >= 0.3 is 0 Å². The van der Waals surface area contributed by atoms with Gasteiger partial charge in [-0.1, -0.05) is 30.3 Å². The second-order valence-corrected chi connectivity index (χ2v) is 7.11. The number of benzene rings is 2. The Balaban J connectivity index is 1.95. The van der Waals surface area contributed by atoms with Crippen molar-refractivity contribution >= 4 is 17.7 Å². The average Bonchev–Trinajstić information content (AvgIpc) is 2.66. The van der Waals surface area contributed by atoms with Crippen LogP contribution in [0.15, 0.2) is 48.5 Å². The lowest BCUT2D eigenvalue weighted by Crippen LogP contribution is -2.33. The Kier molecular flexibility index (Phi) is 7.19. The first-order chi connectivity index (χ1) is 12.0. The standard InChI is InChI=1S/C20H25NO3S/c1-14(18-11-10-17(23-3)12-19(18)24-4)21-20(22)15(2)25-13-16-8-6-5-7-9-16/h5-12,14-15H,13H2,1-4H3,(H,21,22).